The van der Waals surface area contributed by atoms with Crippen LogP contribution in [0.4, 0.5) is 87.8 Å². The average Bonchev–Trinajstić information content (AvgIpc) is 0.733. The second kappa shape index (κ2) is 27.0. The summed E-state index contributed by atoms with van der Waals surface area (Å²) in [5.74, 6) is -69.1. The molecule has 23 heteroatoms. The van der Waals surface area contributed by atoms with Crippen LogP contribution in [0.15, 0.2) is 103 Å². The Kier molecular flexibility index (Phi) is 19.7. The second-order valence-electron chi connectivity index (χ2n) is 23.3. The molecule has 0 spiro atoms. The highest BCUT2D eigenvalue weighted by Crippen LogP contribution is 2.56. The lowest BCUT2D eigenvalue weighted by molar-refractivity contribution is 0.102. The highest BCUT2D eigenvalue weighted by molar-refractivity contribution is 7.96. The van der Waals surface area contributed by atoms with Crippen LogP contribution in [0, 0.1) is 116 Å². The van der Waals surface area contributed by atoms with Crippen LogP contribution < -0.4 is 37.8 Å². The Balaban J connectivity index is 0.000000200. The Labute approximate surface area is 509 Å². The van der Waals surface area contributed by atoms with Crippen LogP contribution >= 0.6 is 7.26 Å². The van der Waals surface area contributed by atoms with Gasteiger partial charge in [-0.1, -0.05) is 125 Å². The highest BCUT2D eigenvalue weighted by atomic mass is 31.2. The van der Waals surface area contributed by atoms with Crippen LogP contribution in [0.25, 0.3) is 0 Å². The van der Waals surface area contributed by atoms with Crippen molar-refractivity contribution < 1.29 is 92.6 Å². The quantitative estimate of drug-likeness (QED) is 0.0281. The summed E-state index contributed by atoms with van der Waals surface area (Å²) in [6.45, 7) is 0. The van der Waals surface area contributed by atoms with E-state index in [1.54, 1.807) is 0 Å². The first kappa shape index (κ1) is 66.4. The maximum Gasteiger partial charge on any atom is 0.201 e. The minimum absolute atomic E-state index is 0.248. The number of hydrogen-bond donors (Lipinski definition) is 0. The van der Waals surface area contributed by atoms with E-state index >= 15 is 35.1 Å². The smallest absolute Gasteiger partial charge is 0.201 e. The molecule has 11 rings (SSSR count). The molecule has 3 saturated carbocycles. The third-order valence-corrected chi connectivity index (χ3v) is 22.7. The number of hydrogen-bond acceptors (Lipinski definition) is 1. The van der Waals surface area contributed by atoms with Crippen molar-refractivity contribution in [3.63, 3.8) is 0 Å². The van der Waals surface area contributed by atoms with Crippen molar-refractivity contribution in [1.82, 2.24) is 0 Å². The molecule has 0 atom stereocenters. The maximum atomic E-state index is 15.4. The molecule has 91 heavy (non-hydrogen) atoms. The zero-order chi connectivity index (χ0) is 65.5. The van der Waals surface area contributed by atoms with Gasteiger partial charge >= 0.3 is 0 Å². The normalized spacial score (nSPS) is 15.4. The molecule has 0 aromatic heterocycles. The molecule has 8 aromatic carbocycles. The van der Waals surface area contributed by atoms with Crippen molar-refractivity contribution in [2.24, 2.45) is 0 Å². The number of Topliss-reactive ketones (excluding diaryl/α,β-unsaturated/α-hetero) is 1. The molecular weight excluding hydrogens is 1250 g/mol. The predicted molar refractivity (Wildman–Crippen MR) is 307 cm³/mol. The van der Waals surface area contributed by atoms with Crippen molar-refractivity contribution >= 4 is 57.0 Å². The predicted octanol–water partition coefficient (Wildman–Crippen LogP) is 16.9. The largest absolute Gasteiger partial charge is 0.290 e. The van der Waals surface area contributed by atoms with Gasteiger partial charge in [0.2, 0.25) is 5.78 Å². The van der Waals surface area contributed by atoms with Crippen molar-refractivity contribution in [2.75, 3.05) is 6.16 Å². The third-order valence-electron chi connectivity index (χ3n) is 18.4. The zero-order valence-corrected chi connectivity index (χ0v) is 48.7. The molecule has 0 N–H and O–H groups in total. The van der Waals surface area contributed by atoms with Crippen LogP contribution in [0.5, 0.6) is 0 Å². The molecule has 0 saturated heterocycles. The molecule has 3 aliphatic rings. The van der Waals surface area contributed by atoms with Gasteiger partial charge in [-0.3, -0.25) is 4.79 Å². The van der Waals surface area contributed by atoms with Crippen LogP contribution in [0.2, 0.25) is 0 Å². The van der Waals surface area contributed by atoms with Gasteiger partial charge in [0.25, 0.3) is 0 Å². The van der Waals surface area contributed by atoms with Crippen molar-refractivity contribution in [3.8, 4) is 0 Å². The van der Waals surface area contributed by atoms with E-state index in [0.717, 1.165) is 5.56 Å². The van der Waals surface area contributed by atoms with E-state index in [4.69, 9.17) is 0 Å². The first-order valence-electron chi connectivity index (χ1n) is 29.4. The standard InChI is InChI=1S/C44H52OP.C24BF20/c45-44(40-19-11-4-12-20-40)33-46(41-27-21-37(22-28-41)34-13-5-1-6-14-34,42-29-23-38(24-30-42)35-15-7-2-8-16-35)43-31-25-39(26-32-43)36-17-9-3-10-18-36;26-5-1(6(27)14(35)21(42)13(5)34)25(2-7(28)15(36)22(43)16(37)8(2)29,3-9(30)17(38)23(44)18(39)10(3)31)4-11(32)19(40)24(45)20(41)12(4)33/h4,11-12,19-32,34-36H,1-3,5-10,13-18,33H2;/q+1;-1. The molecule has 3 aliphatic carbocycles. The molecule has 0 unspecified atom stereocenters. The van der Waals surface area contributed by atoms with E-state index in [1.807, 2.05) is 30.3 Å². The van der Waals surface area contributed by atoms with Gasteiger partial charge in [-0.05, 0) is 109 Å². The molecular formula is C68H52BF20OP. The fourth-order valence-electron chi connectivity index (χ4n) is 13.8. The summed E-state index contributed by atoms with van der Waals surface area (Å²) in [4.78, 5) is 14.4. The summed E-state index contributed by atoms with van der Waals surface area (Å²) in [5.41, 5.74) is -9.06. The number of carbonyl (C=O) groups excluding carboxylic acids is 1. The van der Waals surface area contributed by atoms with Gasteiger partial charge in [-0.15, -0.1) is 21.9 Å². The minimum Gasteiger partial charge on any atom is -0.290 e. The molecule has 0 aliphatic heterocycles. The maximum absolute atomic E-state index is 15.4. The van der Waals surface area contributed by atoms with E-state index < -0.39 is 152 Å². The van der Waals surface area contributed by atoms with E-state index in [-0.39, 0.29) is 5.78 Å². The number of halogens is 20. The zero-order valence-electron chi connectivity index (χ0n) is 47.9. The Bertz CT molecular complexity index is 3500. The van der Waals surface area contributed by atoms with Crippen molar-refractivity contribution in [1.29, 1.82) is 0 Å². The number of rotatable bonds is 13. The lowest BCUT2D eigenvalue weighted by Crippen LogP contribution is -2.81. The highest BCUT2D eigenvalue weighted by Gasteiger charge is 2.53. The third kappa shape index (κ3) is 11.7. The molecule has 0 radical (unpaired) electrons. The summed E-state index contributed by atoms with van der Waals surface area (Å²) in [6, 6.07) is 39.0. The Morgan fingerprint density at radius 1 is 0.286 bits per heavy atom. The minimum atomic E-state index is -7.22. The average molecular weight is 1310 g/mol. The Hall–Kier alpha value is -7.48. The topological polar surface area (TPSA) is 17.1 Å². The van der Waals surface area contributed by atoms with Crippen LogP contribution in [0.1, 0.15) is 141 Å². The van der Waals surface area contributed by atoms with Crippen LogP contribution in [0.3, 0.4) is 0 Å². The first-order chi connectivity index (χ1) is 43.4. The molecule has 0 bridgehead atoms. The number of carbonyl (C=O) groups is 1. The van der Waals surface area contributed by atoms with Crippen molar-refractivity contribution in [2.45, 2.75) is 114 Å². The lowest BCUT2D eigenvalue weighted by Gasteiger charge is -2.44. The fraction of sp³-hybridized carbons (Fsp3) is 0.279. The summed E-state index contributed by atoms with van der Waals surface area (Å²) >= 11 is 0. The number of benzene rings is 8. The SMILES string of the molecule is Fc1c(F)c(F)c([B-](c2c(F)c(F)c(F)c(F)c2F)(c2c(F)c(F)c(F)c(F)c2F)c2c(F)c(F)c(F)c(F)c2F)c(F)c1F.O=C(C[P+](c1ccc(C2CCCCC2)cc1)(c1ccc(C2CCCCC2)cc1)c1ccc(C2CCCCC2)cc1)c1ccccc1. The second-order valence-corrected chi connectivity index (χ2v) is 26.8. The first-order valence-corrected chi connectivity index (χ1v) is 31.4. The number of ketones is 1. The monoisotopic (exact) mass is 1310 g/mol. The summed E-state index contributed by atoms with van der Waals surface area (Å²) in [6.07, 6.45) is 13.3. The van der Waals surface area contributed by atoms with Gasteiger partial charge in [0.1, 0.15) is 82.0 Å². The summed E-state index contributed by atoms with van der Waals surface area (Å²) in [7, 11) is -2.30. The molecule has 1 nitrogen and oxygen atoms in total. The molecule has 3 fully saturated rings. The van der Waals surface area contributed by atoms with Gasteiger partial charge in [-0.2, -0.15) is 0 Å². The van der Waals surface area contributed by atoms with E-state index in [9.17, 15) is 57.5 Å². The molecule has 8 aromatic rings. The van der Waals surface area contributed by atoms with Gasteiger partial charge in [0, 0.05) is 5.56 Å². The lowest BCUT2D eigenvalue weighted by atomic mass is 9.12. The molecule has 0 amide bonds. The van der Waals surface area contributed by atoms with Gasteiger partial charge in [0.05, 0.1) is 0 Å². The van der Waals surface area contributed by atoms with E-state index in [0.29, 0.717) is 23.9 Å². The molecule has 478 valence electrons. The van der Waals surface area contributed by atoms with Crippen molar-refractivity contribution in [3.05, 3.63) is 242 Å². The summed E-state index contributed by atoms with van der Waals surface area (Å²) < 4.78 is 294. The van der Waals surface area contributed by atoms with Gasteiger partial charge in [-0.25, -0.2) is 87.8 Å². The Morgan fingerprint density at radius 2 is 0.495 bits per heavy atom. The van der Waals surface area contributed by atoms with Gasteiger partial charge < -0.3 is 0 Å². The van der Waals surface area contributed by atoms with Crippen LogP contribution in [-0.2, 0) is 0 Å². The summed E-state index contributed by atoms with van der Waals surface area (Å²) in [5, 5.41) is 4.02. The van der Waals surface area contributed by atoms with E-state index in [2.05, 4.69) is 72.8 Å². The Morgan fingerprint density at radius 3 is 0.714 bits per heavy atom. The van der Waals surface area contributed by atoms with Gasteiger partial charge in [0.15, 0.2) is 69.8 Å². The van der Waals surface area contributed by atoms with E-state index in [1.165, 1.54) is 129 Å². The molecule has 0 heterocycles. The van der Waals surface area contributed by atoms with Crippen LogP contribution in [-0.4, -0.2) is 18.1 Å². The fourth-order valence-corrected chi connectivity index (χ4v) is 17.9.